The number of nitrogens with one attached hydrogen (secondary N) is 1. The molecule has 3 rings (SSSR count). The van der Waals surface area contributed by atoms with Crippen LogP contribution in [0.3, 0.4) is 0 Å². The lowest BCUT2D eigenvalue weighted by molar-refractivity contribution is 0.0764. The highest BCUT2D eigenvalue weighted by atomic mass is 32.1. The molecule has 3 aromatic rings. The van der Waals surface area contributed by atoms with Crippen LogP contribution in [0.15, 0.2) is 71.2 Å². The molecule has 0 aliphatic rings. The molecule has 138 valence electrons. The highest BCUT2D eigenvalue weighted by Gasteiger charge is 2.18. The maximum absolute atomic E-state index is 13.0. The van der Waals surface area contributed by atoms with Gasteiger partial charge in [0.2, 0.25) is 0 Å². The van der Waals surface area contributed by atoms with E-state index in [1.54, 1.807) is 46.6 Å². The van der Waals surface area contributed by atoms with Gasteiger partial charge in [0.05, 0.1) is 12.8 Å². The van der Waals surface area contributed by atoms with Crippen LogP contribution in [0, 0.1) is 6.92 Å². The van der Waals surface area contributed by atoms with Gasteiger partial charge in [-0.2, -0.15) is 0 Å². The molecule has 2 amide bonds. The molecule has 6 heteroatoms. The maximum Gasteiger partial charge on any atom is 0.291 e. The third-order valence-electron chi connectivity index (χ3n) is 4.04. The van der Waals surface area contributed by atoms with Crippen molar-refractivity contribution in [1.29, 1.82) is 0 Å². The average molecular weight is 380 g/mol. The van der Waals surface area contributed by atoms with Crippen molar-refractivity contribution < 1.29 is 14.0 Å². The molecule has 27 heavy (non-hydrogen) atoms. The van der Waals surface area contributed by atoms with Crippen LogP contribution in [0.25, 0.3) is 0 Å². The summed E-state index contributed by atoms with van der Waals surface area (Å²) in [6.45, 7) is 6.58. The van der Waals surface area contributed by atoms with Crippen molar-refractivity contribution in [3.05, 3.63) is 88.5 Å². The van der Waals surface area contributed by atoms with Gasteiger partial charge in [-0.1, -0.05) is 18.2 Å². The standard InChI is InChI=1S/C21H20N2O3S/c1-3-10-23(14-17-6-5-12-27-17)21(25)16-9-8-15(2)18(13-16)22-20(24)19-7-4-11-26-19/h3-9,11-13H,1,10,14H2,2H3,(H,22,24). The Morgan fingerprint density at radius 2 is 2.11 bits per heavy atom. The van der Waals surface area contributed by atoms with E-state index in [9.17, 15) is 9.59 Å². The van der Waals surface area contributed by atoms with Gasteiger partial charge in [-0.25, -0.2) is 0 Å². The summed E-state index contributed by atoms with van der Waals surface area (Å²) in [7, 11) is 0. The zero-order valence-electron chi connectivity index (χ0n) is 15.0. The van der Waals surface area contributed by atoms with Crippen molar-refractivity contribution in [2.45, 2.75) is 13.5 Å². The maximum atomic E-state index is 13.0. The first-order chi connectivity index (χ1) is 13.1. The second-order valence-corrected chi connectivity index (χ2v) is 7.05. The Labute approximate surface area is 161 Å². The van der Waals surface area contributed by atoms with E-state index in [4.69, 9.17) is 4.42 Å². The third-order valence-corrected chi connectivity index (χ3v) is 4.90. The number of hydrogen-bond donors (Lipinski definition) is 1. The Bertz CT molecular complexity index is 931. The molecule has 0 saturated heterocycles. The van der Waals surface area contributed by atoms with E-state index < -0.39 is 0 Å². The number of rotatable bonds is 7. The lowest BCUT2D eigenvalue weighted by Gasteiger charge is -2.21. The molecule has 2 aromatic heterocycles. The van der Waals surface area contributed by atoms with E-state index in [0.717, 1.165) is 10.4 Å². The quantitative estimate of drug-likeness (QED) is 0.603. The van der Waals surface area contributed by atoms with Crippen molar-refractivity contribution in [3.63, 3.8) is 0 Å². The lowest BCUT2D eigenvalue weighted by atomic mass is 10.1. The number of hydrogen-bond acceptors (Lipinski definition) is 4. The third kappa shape index (κ3) is 4.54. The monoisotopic (exact) mass is 380 g/mol. The Morgan fingerprint density at radius 1 is 1.26 bits per heavy atom. The highest BCUT2D eigenvalue weighted by molar-refractivity contribution is 7.09. The van der Waals surface area contributed by atoms with Gasteiger partial charge in [-0.3, -0.25) is 9.59 Å². The van der Waals surface area contributed by atoms with Crippen LogP contribution in [-0.4, -0.2) is 23.3 Å². The van der Waals surface area contributed by atoms with Gasteiger partial charge in [0.25, 0.3) is 11.8 Å². The average Bonchev–Trinajstić information content (AvgIpc) is 3.36. The number of thiophene rings is 1. The number of benzene rings is 1. The molecule has 0 aliphatic heterocycles. The van der Waals surface area contributed by atoms with Gasteiger partial charge in [0.15, 0.2) is 5.76 Å². The summed E-state index contributed by atoms with van der Waals surface area (Å²) in [4.78, 5) is 28.1. The fourth-order valence-electron chi connectivity index (χ4n) is 2.63. The zero-order chi connectivity index (χ0) is 19.2. The molecular formula is C21H20N2O3S. The number of carbonyl (C=O) groups is 2. The summed E-state index contributed by atoms with van der Waals surface area (Å²) in [5, 5.41) is 4.79. The first kappa shape index (κ1) is 18.7. The molecule has 0 aliphatic carbocycles. The predicted molar refractivity (Wildman–Crippen MR) is 107 cm³/mol. The van der Waals surface area contributed by atoms with Crippen LogP contribution in [0.2, 0.25) is 0 Å². The molecule has 0 bridgehead atoms. The first-order valence-corrected chi connectivity index (χ1v) is 9.34. The van der Waals surface area contributed by atoms with Crippen molar-refractivity contribution in [2.75, 3.05) is 11.9 Å². The van der Waals surface area contributed by atoms with Gasteiger partial charge >= 0.3 is 0 Å². The Kier molecular flexibility index (Phi) is 5.88. The van der Waals surface area contributed by atoms with Crippen molar-refractivity contribution >= 4 is 28.8 Å². The van der Waals surface area contributed by atoms with Gasteiger partial charge in [0.1, 0.15) is 0 Å². The summed E-state index contributed by atoms with van der Waals surface area (Å²) >= 11 is 1.61. The molecule has 2 heterocycles. The molecule has 1 aromatic carbocycles. The van der Waals surface area contributed by atoms with Gasteiger partial charge in [-0.05, 0) is 48.2 Å². The summed E-state index contributed by atoms with van der Waals surface area (Å²) in [5.41, 5.74) is 1.95. The van der Waals surface area contributed by atoms with E-state index in [2.05, 4.69) is 11.9 Å². The van der Waals surface area contributed by atoms with Gasteiger partial charge in [-0.15, -0.1) is 17.9 Å². The van der Waals surface area contributed by atoms with Crippen molar-refractivity contribution in [2.24, 2.45) is 0 Å². The molecule has 0 radical (unpaired) electrons. The van der Waals surface area contributed by atoms with Crippen LogP contribution in [-0.2, 0) is 6.54 Å². The normalized spacial score (nSPS) is 10.4. The number of carbonyl (C=O) groups excluding carboxylic acids is 2. The van der Waals surface area contributed by atoms with Crippen LogP contribution in [0.1, 0.15) is 31.4 Å². The minimum absolute atomic E-state index is 0.114. The van der Waals surface area contributed by atoms with Gasteiger partial charge in [0, 0.05) is 22.7 Å². The van der Waals surface area contributed by atoms with Crippen LogP contribution in [0.5, 0.6) is 0 Å². The smallest absolute Gasteiger partial charge is 0.291 e. The number of amides is 2. The summed E-state index contributed by atoms with van der Waals surface area (Å²) in [6.07, 6.45) is 3.15. The Balaban J connectivity index is 1.81. The molecule has 0 atom stereocenters. The van der Waals surface area contributed by atoms with E-state index in [1.165, 1.54) is 6.26 Å². The largest absolute Gasteiger partial charge is 0.459 e. The molecule has 0 saturated carbocycles. The zero-order valence-corrected chi connectivity index (χ0v) is 15.8. The number of anilines is 1. The summed E-state index contributed by atoms with van der Waals surface area (Å²) in [5.74, 6) is -0.247. The second-order valence-electron chi connectivity index (χ2n) is 6.01. The molecule has 0 fully saturated rings. The molecule has 0 spiro atoms. The first-order valence-electron chi connectivity index (χ1n) is 8.46. The Morgan fingerprint density at radius 3 is 2.78 bits per heavy atom. The predicted octanol–water partition coefficient (Wildman–Crippen LogP) is 4.73. The number of nitrogens with zero attached hydrogens (tertiary/aromatic N) is 1. The fraction of sp³-hybridized carbons (Fsp3) is 0.143. The lowest BCUT2D eigenvalue weighted by Crippen LogP contribution is -2.30. The highest BCUT2D eigenvalue weighted by Crippen LogP contribution is 2.21. The molecule has 5 nitrogen and oxygen atoms in total. The SMILES string of the molecule is C=CCN(Cc1cccs1)C(=O)c1ccc(C)c(NC(=O)c2ccco2)c1. The van der Waals surface area contributed by atoms with Crippen LogP contribution >= 0.6 is 11.3 Å². The minimum Gasteiger partial charge on any atom is -0.459 e. The second kappa shape index (κ2) is 8.51. The van der Waals surface area contributed by atoms with Crippen LogP contribution in [0.4, 0.5) is 5.69 Å². The fourth-order valence-corrected chi connectivity index (χ4v) is 3.35. The molecular weight excluding hydrogens is 360 g/mol. The van der Waals surface area contributed by atoms with Crippen molar-refractivity contribution in [3.8, 4) is 0 Å². The topological polar surface area (TPSA) is 62.6 Å². The summed E-state index contributed by atoms with van der Waals surface area (Å²) < 4.78 is 5.12. The Hall–Kier alpha value is -3.12. The summed E-state index contributed by atoms with van der Waals surface area (Å²) in [6, 6.07) is 12.5. The van der Waals surface area contributed by atoms with E-state index in [1.807, 2.05) is 30.5 Å². The van der Waals surface area contributed by atoms with E-state index in [-0.39, 0.29) is 17.6 Å². The van der Waals surface area contributed by atoms with Crippen molar-refractivity contribution in [1.82, 2.24) is 4.90 Å². The number of furan rings is 1. The van der Waals surface area contributed by atoms with Crippen LogP contribution < -0.4 is 5.32 Å². The number of aryl methyl sites for hydroxylation is 1. The van der Waals surface area contributed by atoms with Gasteiger partial charge < -0.3 is 14.6 Å². The van der Waals surface area contributed by atoms with E-state index in [0.29, 0.717) is 24.3 Å². The minimum atomic E-state index is -0.353. The molecule has 1 N–H and O–H groups in total. The van der Waals surface area contributed by atoms with E-state index >= 15 is 0 Å². The molecule has 0 unspecified atom stereocenters.